The van der Waals surface area contributed by atoms with E-state index in [0.29, 0.717) is 0 Å². The molecule has 1 heterocycles. The summed E-state index contributed by atoms with van der Waals surface area (Å²) in [5.41, 5.74) is 0.690. The molecule has 0 atom stereocenters. The second kappa shape index (κ2) is 3.51. The van der Waals surface area contributed by atoms with E-state index in [1.807, 2.05) is 22.6 Å². The first kappa shape index (κ1) is 12.0. The van der Waals surface area contributed by atoms with Gasteiger partial charge in [0.2, 0.25) is 0 Å². The van der Waals surface area contributed by atoms with Gasteiger partial charge < -0.3 is 9.56 Å². The van der Waals surface area contributed by atoms with Gasteiger partial charge in [-0.25, -0.2) is 9.78 Å². The Morgan fingerprint density at radius 3 is 2.07 bits per heavy atom. The van der Waals surface area contributed by atoms with E-state index in [1.165, 1.54) is 0 Å². The Morgan fingerprint density at radius 2 is 1.73 bits per heavy atom. The normalized spacial score (nSPS) is 14.7. The molecular weight excluding hydrogens is 188 g/mol. The van der Waals surface area contributed by atoms with Gasteiger partial charge in [-0.05, 0) is 33.4 Å². The molecule has 86 valence electrons. The molecule has 0 aliphatic heterocycles. The number of nitrogens with zero attached hydrogens (tertiary/aromatic N) is 4. The number of aromatic nitrogens is 3. The van der Waals surface area contributed by atoms with Crippen LogP contribution in [0.4, 0.5) is 0 Å². The number of hydrogen-bond acceptors (Lipinski definition) is 1. The molecule has 15 heavy (non-hydrogen) atoms. The fourth-order valence-electron chi connectivity index (χ4n) is 1.13. The van der Waals surface area contributed by atoms with Crippen molar-refractivity contribution in [1.29, 1.82) is 0 Å². The monoisotopic (exact) mass is 210 g/mol. The van der Waals surface area contributed by atoms with Crippen LogP contribution in [0.3, 0.4) is 0 Å². The molecule has 0 saturated carbocycles. The van der Waals surface area contributed by atoms with Crippen LogP contribution in [0.25, 0.3) is 0 Å². The van der Waals surface area contributed by atoms with Crippen LogP contribution in [0, 0.1) is 0 Å². The van der Waals surface area contributed by atoms with Crippen LogP contribution in [0.2, 0.25) is 0 Å². The smallest absolute Gasteiger partial charge is 0.114 e. The maximum absolute atomic E-state index is 4.56. The van der Waals surface area contributed by atoms with Crippen molar-refractivity contribution in [3.8, 4) is 0 Å². The largest absolute Gasteiger partial charge is 0.385 e. The highest BCUT2D eigenvalue weighted by Gasteiger charge is 2.16. The molecule has 1 rings (SSSR count). The van der Waals surface area contributed by atoms with Crippen molar-refractivity contribution >= 4 is 0 Å². The lowest BCUT2D eigenvalue weighted by atomic mass is 10.1. The Balaban J connectivity index is 3.25. The average Bonchev–Trinajstić information content (AvgIpc) is 2.27. The average molecular weight is 210 g/mol. The molecule has 4 heteroatoms. The van der Waals surface area contributed by atoms with Crippen LogP contribution in [0.15, 0.2) is 11.3 Å². The summed E-state index contributed by atoms with van der Waals surface area (Å²) in [4.78, 5) is 4.56. The zero-order valence-electron chi connectivity index (χ0n) is 10.9. The first-order valence-corrected chi connectivity index (χ1v) is 5.28. The van der Waals surface area contributed by atoms with Gasteiger partial charge in [0, 0.05) is 0 Å². The standard InChI is InChI=1S/C11H22N4/c1-10(2,3)12-9-13-15(8-14(9)7)11(4,5)6/h8H,1-7H3. The quantitative estimate of drug-likeness (QED) is 0.581. The van der Waals surface area contributed by atoms with Gasteiger partial charge in [0.25, 0.3) is 0 Å². The molecule has 0 aliphatic carbocycles. The van der Waals surface area contributed by atoms with Gasteiger partial charge in [0.1, 0.15) is 11.9 Å². The molecule has 0 amide bonds. The molecule has 0 spiro atoms. The van der Waals surface area contributed by atoms with Crippen LogP contribution in [0.5, 0.6) is 0 Å². The molecular formula is C11H22N4. The highest BCUT2D eigenvalue weighted by Crippen LogP contribution is 2.04. The minimum Gasteiger partial charge on any atom is -0.385 e. The summed E-state index contributed by atoms with van der Waals surface area (Å²) in [6, 6.07) is 0. The summed E-state index contributed by atoms with van der Waals surface area (Å²) in [6.07, 6.45) is 1.98. The first-order valence-electron chi connectivity index (χ1n) is 5.28. The van der Waals surface area contributed by atoms with E-state index in [9.17, 15) is 0 Å². The van der Waals surface area contributed by atoms with Crippen LogP contribution in [0.1, 0.15) is 41.5 Å². The summed E-state index contributed by atoms with van der Waals surface area (Å²) in [5.74, 6) is 0. The number of rotatable bonds is 0. The van der Waals surface area contributed by atoms with E-state index in [0.717, 1.165) is 5.62 Å². The lowest BCUT2D eigenvalue weighted by molar-refractivity contribution is -0.809. The van der Waals surface area contributed by atoms with Crippen LogP contribution in [-0.4, -0.2) is 10.1 Å². The number of aryl methyl sites for hydroxylation is 1. The summed E-state index contributed by atoms with van der Waals surface area (Å²) in [5, 5.41) is 4.48. The first-order chi connectivity index (χ1) is 6.59. The van der Waals surface area contributed by atoms with Crippen LogP contribution >= 0.6 is 0 Å². The lowest BCUT2D eigenvalue weighted by Gasteiger charge is -2.17. The highest BCUT2D eigenvalue weighted by molar-refractivity contribution is 4.71. The zero-order chi connectivity index (χ0) is 11.9. The molecule has 0 aromatic carbocycles. The minimum atomic E-state index is -0.0885. The van der Waals surface area contributed by atoms with Gasteiger partial charge >= 0.3 is 0 Å². The van der Waals surface area contributed by atoms with Gasteiger partial charge in [-0.2, -0.15) is 0 Å². The minimum absolute atomic E-state index is 0.00339. The Labute approximate surface area is 91.6 Å². The van der Waals surface area contributed by atoms with Crippen LogP contribution < -0.4 is 15.4 Å². The van der Waals surface area contributed by atoms with E-state index < -0.39 is 0 Å². The molecule has 0 saturated heterocycles. The number of hydrogen-bond donors (Lipinski definition) is 0. The third-order valence-electron chi connectivity index (χ3n) is 1.92. The molecule has 0 aliphatic rings. The predicted molar refractivity (Wildman–Crippen MR) is 59.2 cm³/mol. The fourth-order valence-corrected chi connectivity index (χ4v) is 1.13. The van der Waals surface area contributed by atoms with Gasteiger partial charge in [0.05, 0.1) is 5.62 Å². The summed E-state index contributed by atoms with van der Waals surface area (Å²) in [7, 11) is 1.97. The molecule has 0 radical (unpaired) electrons. The summed E-state index contributed by atoms with van der Waals surface area (Å²) < 4.78 is 3.90. The van der Waals surface area contributed by atoms with Crippen molar-refractivity contribution in [3.05, 3.63) is 11.9 Å². The highest BCUT2D eigenvalue weighted by atomic mass is 15.4. The second-order valence-electron chi connectivity index (χ2n) is 5.92. The van der Waals surface area contributed by atoms with Crippen molar-refractivity contribution in [3.63, 3.8) is 0 Å². The molecule has 0 bridgehead atoms. The van der Waals surface area contributed by atoms with Gasteiger partial charge in [-0.1, -0.05) is 20.8 Å². The van der Waals surface area contributed by atoms with Crippen molar-refractivity contribution in [2.75, 3.05) is 0 Å². The third-order valence-corrected chi connectivity index (χ3v) is 1.92. The third kappa shape index (κ3) is 3.22. The van der Waals surface area contributed by atoms with Gasteiger partial charge in [0.15, 0.2) is 0 Å². The molecule has 4 nitrogen and oxygen atoms in total. The summed E-state index contributed by atoms with van der Waals surface area (Å²) in [6.45, 7) is 12.6. The Kier molecular flexibility index (Phi) is 2.81. The van der Waals surface area contributed by atoms with Gasteiger partial charge in [-0.3, -0.25) is 0 Å². The van der Waals surface area contributed by atoms with E-state index in [-0.39, 0.29) is 11.1 Å². The molecule has 0 fully saturated rings. The molecule has 0 N–H and O–H groups in total. The fraction of sp³-hybridized carbons (Fsp3) is 0.818. The molecule has 0 unspecified atom stereocenters. The second-order valence-corrected chi connectivity index (χ2v) is 5.92. The molecule has 1 aromatic rings. The maximum Gasteiger partial charge on any atom is 0.114 e. The SMILES string of the molecule is Cn1c[n+](C(C)(C)C)[n-]c1=NC(C)(C)C. The van der Waals surface area contributed by atoms with Crippen molar-refractivity contribution in [2.45, 2.75) is 52.6 Å². The summed E-state index contributed by atoms with van der Waals surface area (Å²) >= 11 is 0. The van der Waals surface area contributed by atoms with E-state index >= 15 is 0 Å². The van der Waals surface area contributed by atoms with Crippen molar-refractivity contribution in [1.82, 2.24) is 9.67 Å². The van der Waals surface area contributed by atoms with E-state index in [4.69, 9.17) is 0 Å². The van der Waals surface area contributed by atoms with Crippen molar-refractivity contribution in [2.24, 2.45) is 12.0 Å². The van der Waals surface area contributed by atoms with E-state index in [1.54, 1.807) is 0 Å². The van der Waals surface area contributed by atoms with E-state index in [2.05, 4.69) is 51.6 Å². The molecule has 1 aromatic heterocycles. The topological polar surface area (TPSA) is 35.3 Å². The van der Waals surface area contributed by atoms with Gasteiger partial charge in [-0.15, -0.1) is 0 Å². The Bertz CT molecular complexity index is 395. The van der Waals surface area contributed by atoms with Crippen molar-refractivity contribution < 1.29 is 4.68 Å². The Hall–Kier alpha value is -1.06. The zero-order valence-corrected chi connectivity index (χ0v) is 10.9. The lowest BCUT2D eigenvalue weighted by Crippen LogP contribution is -2.54. The maximum atomic E-state index is 4.56. The van der Waals surface area contributed by atoms with Crippen LogP contribution in [-0.2, 0) is 12.6 Å². The Morgan fingerprint density at radius 1 is 1.20 bits per heavy atom. The predicted octanol–water partition coefficient (Wildman–Crippen LogP) is 0.724.